The number of carbonyl (C=O) groups is 3. The molecule has 2 atom stereocenters. The number of amides is 3. The number of nitrogens with zero attached hydrogens (tertiary/aromatic N) is 4. The normalized spacial score (nSPS) is 21.5. The summed E-state index contributed by atoms with van der Waals surface area (Å²) in [6, 6.07) is 12.7. The maximum absolute atomic E-state index is 13.1. The number of pyridine rings is 1. The van der Waals surface area contributed by atoms with E-state index < -0.39 is 5.92 Å². The Bertz CT molecular complexity index is 981. The maximum Gasteiger partial charge on any atom is 0.246 e. The lowest BCUT2D eigenvalue weighted by molar-refractivity contribution is -0.141. The molecule has 2 aliphatic rings. The molecule has 2 aromatic rings. The highest BCUT2D eigenvalue weighted by atomic mass is 16.5. The molecule has 2 fully saturated rings. The molecule has 0 unspecified atom stereocenters. The fraction of sp³-hybridized carbons (Fsp3) is 0.391. The van der Waals surface area contributed by atoms with Crippen molar-refractivity contribution in [3.8, 4) is 5.75 Å². The van der Waals surface area contributed by atoms with E-state index in [4.69, 9.17) is 4.74 Å². The predicted molar refractivity (Wildman–Crippen MR) is 114 cm³/mol. The first kappa shape index (κ1) is 20.8. The summed E-state index contributed by atoms with van der Waals surface area (Å²) in [5.41, 5.74) is 1.54. The molecule has 31 heavy (non-hydrogen) atoms. The fourth-order valence-corrected chi connectivity index (χ4v) is 4.31. The van der Waals surface area contributed by atoms with E-state index >= 15 is 0 Å². The maximum atomic E-state index is 13.1. The smallest absolute Gasteiger partial charge is 0.246 e. The summed E-state index contributed by atoms with van der Waals surface area (Å²) in [5, 5.41) is 0. The number of benzene rings is 1. The second-order valence-electron chi connectivity index (χ2n) is 8.03. The van der Waals surface area contributed by atoms with Gasteiger partial charge in [-0.15, -0.1) is 0 Å². The highest BCUT2D eigenvalue weighted by molar-refractivity contribution is 5.99. The molecule has 0 aliphatic carbocycles. The highest BCUT2D eigenvalue weighted by Gasteiger charge is 2.40. The molecule has 1 aromatic carbocycles. The van der Waals surface area contributed by atoms with Crippen LogP contribution in [0.15, 0.2) is 48.7 Å². The molecule has 0 N–H and O–H groups in total. The van der Waals surface area contributed by atoms with Crippen LogP contribution >= 0.6 is 0 Å². The van der Waals surface area contributed by atoms with Gasteiger partial charge in [-0.1, -0.05) is 12.1 Å². The Morgan fingerprint density at radius 3 is 2.68 bits per heavy atom. The Hall–Kier alpha value is -3.42. The highest BCUT2D eigenvalue weighted by Crippen LogP contribution is 2.27. The number of piperazine rings is 1. The van der Waals surface area contributed by atoms with Gasteiger partial charge in [-0.3, -0.25) is 19.4 Å². The van der Waals surface area contributed by atoms with Crippen LogP contribution in [-0.2, 0) is 20.9 Å². The average molecular weight is 422 g/mol. The zero-order chi connectivity index (χ0) is 22.0. The molecule has 3 heterocycles. The third-order valence-corrected chi connectivity index (χ3v) is 5.81. The number of anilines is 1. The average Bonchev–Trinajstić information content (AvgIpc) is 3.13. The first-order valence-corrected chi connectivity index (χ1v) is 10.4. The largest absolute Gasteiger partial charge is 0.497 e. The fourth-order valence-electron chi connectivity index (χ4n) is 4.31. The summed E-state index contributed by atoms with van der Waals surface area (Å²) >= 11 is 0. The van der Waals surface area contributed by atoms with Gasteiger partial charge in [0.05, 0.1) is 31.3 Å². The van der Waals surface area contributed by atoms with Crippen molar-refractivity contribution in [3.63, 3.8) is 0 Å². The minimum absolute atomic E-state index is 0.00527. The molecular weight excluding hydrogens is 396 g/mol. The van der Waals surface area contributed by atoms with E-state index in [9.17, 15) is 14.4 Å². The van der Waals surface area contributed by atoms with E-state index in [1.165, 1.54) is 0 Å². The second-order valence-corrected chi connectivity index (χ2v) is 8.03. The van der Waals surface area contributed by atoms with Crippen molar-refractivity contribution >= 4 is 23.4 Å². The van der Waals surface area contributed by atoms with Crippen molar-refractivity contribution in [2.75, 3.05) is 31.6 Å². The lowest BCUT2D eigenvalue weighted by Gasteiger charge is -2.40. The summed E-state index contributed by atoms with van der Waals surface area (Å²) < 4.78 is 5.26. The van der Waals surface area contributed by atoms with Gasteiger partial charge in [-0.05, 0) is 31.2 Å². The van der Waals surface area contributed by atoms with E-state index in [1.54, 1.807) is 28.0 Å². The van der Waals surface area contributed by atoms with E-state index in [0.29, 0.717) is 25.4 Å². The van der Waals surface area contributed by atoms with Crippen LogP contribution < -0.4 is 9.64 Å². The van der Waals surface area contributed by atoms with Gasteiger partial charge >= 0.3 is 0 Å². The van der Waals surface area contributed by atoms with Crippen LogP contribution in [0.3, 0.4) is 0 Å². The Kier molecular flexibility index (Phi) is 5.88. The lowest BCUT2D eigenvalue weighted by atomic mass is 10.0. The van der Waals surface area contributed by atoms with Crippen molar-refractivity contribution in [2.24, 2.45) is 5.92 Å². The number of carbonyl (C=O) groups excluding carboxylic acids is 3. The summed E-state index contributed by atoms with van der Waals surface area (Å²) in [5.74, 6) is -0.0937. The molecule has 4 rings (SSSR count). The zero-order valence-corrected chi connectivity index (χ0v) is 17.7. The van der Waals surface area contributed by atoms with Gasteiger partial charge in [0.1, 0.15) is 12.3 Å². The standard InChI is InChI=1S/C23H26N4O4/c1-16-12-26(15-22(29)27(16)19-7-5-8-20(11-19)31-2)23(30)17-10-21(28)25(13-17)14-18-6-3-4-9-24-18/h3-9,11,16-17H,10,12-15H2,1-2H3/t16-,17+/m1/s1. The Balaban J connectivity index is 1.41. The number of hydrogen-bond acceptors (Lipinski definition) is 5. The van der Waals surface area contributed by atoms with Gasteiger partial charge < -0.3 is 19.4 Å². The molecule has 8 heteroatoms. The van der Waals surface area contributed by atoms with Crippen LogP contribution in [0.5, 0.6) is 5.75 Å². The first-order chi connectivity index (χ1) is 15.0. The topological polar surface area (TPSA) is 83.0 Å². The van der Waals surface area contributed by atoms with Gasteiger partial charge in [0.2, 0.25) is 17.7 Å². The molecule has 2 saturated heterocycles. The molecule has 8 nitrogen and oxygen atoms in total. The van der Waals surface area contributed by atoms with Crippen molar-refractivity contribution in [1.82, 2.24) is 14.8 Å². The third-order valence-electron chi connectivity index (χ3n) is 5.81. The first-order valence-electron chi connectivity index (χ1n) is 10.4. The molecule has 3 amide bonds. The van der Waals surface area contributed by atoms with Crippen LogP contribution in [-0.4, -0.2) is 65.3 Å². The number of ether oxygens (including phenoxy) is 1. The van der Waals surface area contributed by atoms with Crippen LogP contribution in [0.1, 0.15) is 19.0 Å². The predicted octanol–water partition coefficient (Wildman–Crippen LogP) is 1.70. The zero-order valence-electron chi connectivity index (χ0n) is 17.7. The summed E-state index contributed by atoms with van der Waals surface area (Å²) in [4.78, 5) is 47.7. The minimum atomic E-state index is -0.431. The summed E-state index contributed by atoms with van der Waals surface area (Å²) in [6.07, 6.45) is 1.86. The van der Waals surface area contributed by atoms with Crippen LogP contribution in [0.25, 0.3) is 0 Å². The van der Waals surface area contributed by atoms with E-state index in [-0.39, 0.29) is 36.7 Å². The van der Waals surface area contributed by atoms with Crippen molar-refractivity contribution in [2.45, 2.75) is 25.9 Å². The molecular formula is C23H26N4O4. The third kappa shape index (κ3) is 4.38. The number of hydrogen-bond donors (Lipinski definition) is 0. The molecule has 2 aliphatic heterocycles. The van der Waals surface area contributed by atoms with Crippen molar-refractivity contribution in [1.29, 1.82) is 0 Å². The van der Waals surface area contributed by atoms with E-state index in [2.05, 4.69) is 4.98 Å². The van der Waals surface area contributed by atoms with Crippen LogP contribution in [0.4, 0.5) is 5.69 Å². The van der Waals surface area contributed by atoms with Crippen LogP contribution in [0, 0.1) is 5.92 Å². The second kappa shape index (κ2) is 8.75. The van der Waals surface area contributed by atoms with Gasteiger partial charge in [0.15, 0.2) is 0 Å². The van der Waals surface area contributed by atoms with Gasteiger partial charge in [-0.25, -0.2) is 0 Å². The van der Waals surface area contributed by atoms with Crippen molar-refractivity contribution < 1.29 is 19.1 Å². The van der Waals surface area contributed by atoms with Crippen LogP contribution in [0.2, 0.25) is 0 Å². The number of aromatic nitrogens is 1. The molecule has 1 aromatic heterocycles. The molecule has 0 spiro atoms. The van der Waals surface area contributed by atoms with Gasteiger partial charge in [0, 0.05) is 37.5 Å². The number of likely N-dealkylation sites (tertiary alicyclic amines) is 1. The van der Waals surface area contributed by atoms with Gasteiger partial charge in [-0.2, -0.15) is 0 Å². The number of methoxy groups -OCH3 is 1. The summed E-state index contributed by atoms with van der Waals surface area (Å²) in [6.45, 7) is 3.09. The van der Waals surface area contributed by atoms with E-state index in [1.807, 2.05) is 49.4 Å². The minimum Gasteiger partial charge on any atom is -0.497 e. The molecule has 0 saturated carbocycles. The number of rotatable bonds is 5. The SMILES string of the molecule is COc1cccc(N2C(=O)CN(C(=O)[C@H]3CC(=O)N(Cc4ccccn4)C3)C[C@H]2C)c1. The monoisotopic (exact) mass is 422 g/mol. The van der Waals surface area contributed by atoms with E-state index in [0.717, 1.165) is 11.4 Å². The lowest BCUT2D eigenvalue weighted by Crippen LogP contribution is -2.58. The Morgan fingerprint density at radius 1 is 1.13 bits per heavy atom. The Morgan fingerprint density at radius 2 is 1.97 bits per heavy atom. The van der Waals surface area contributed by atoms with Crippen molar-refractivity contribution in [3.05, 3.63) is 54.4 Å². The summed E-state index contributed by atoms with van der Waals surface area (Å²) in [7, 11) is 1.58. The molecule has 0 bridgehead atoms. The van der Waals surface area contributed by atoms with Gasteiger partial charge in [0.25, 0.3) is 0 Å². The molecule has 0 radical (unpaired) electrons. The Labute approximate surface area is 181 Å². The quantitative estimate of drug-likeness (QED) is 0.733. The molecule has 162 valence electrons.